The van der Waals surface area contributed by atoms with Gasteiger partial charge >= 0.3 is 5.97 Å². The normalized spacial score (nSPS) is 17.0. The van der Waals surface area contributed by atoms with Crippen molar-refractivity contribution in [2.45, 2.75) is 33.2 Å². The first-order valence-electron chi connectivity index (χ1n) is 8.09. The summed E-state index contributed by atoms with van der Waals surface area (Å²) in [6.07, 6.45) is 0. The van der Waals surface area contributed by atoms with E-state index in [9.17, 15) is 9.59 Å². The third-order valence-electron chi connectivity index (χ3n) is 3.36. The molecule has 25 heavy (non-hydrogen) atoms. The van der Waals surface area contributed by atoms with E-state index in [1.807, 2.05) is 31.2 Å². The molecule has 1 atom stereocenters. The number of rotatable bonds is 6. The molecule has 0 radical (unpaired) electrons. The zero-order valence-electron chi connectivity index (χ0n) is 14.8. The van der Waals surface area contributed by atoms with Gasteiger partial charge in [-0.25, -0.2) is 4.79 Å². The Morgan fingerprint density at radius 1 is 1.20 bits per heavy atom. The molecule has 0 bridgehead atoms. The summed E-state index contributed by atoms with van der Waals surface area (Å²) in [4.78, 5) is 28.9. The number of ether oxygens (including phenoxy) is 2. The molecule has 1 aromatic rings. The van der Waals surface area contributed by atoms with Crippen molar-refractivity contribution in [2.75, 3.05) is 13.2 Å². The average molecular weight is 362 g/mol. The van der Waals surface area contributed by atoms with Crippen LogP contribution in [0.3, 0.4) is 0 Å². The molecule has 1 N–H and O–H groups in total. The number of amides is 1. The van der Waals surface area contributed by atoms with E-state index in [0.29, 0.717) is 17.9 Å². The van der Waals surface area contributed by atoms with Gasteiger partial charge in [0.1, 0.15) is 5.75 Å². The highest BCUT2D eigenvalue weighted by atomic mass is 32.2. The Balaban J connectivity index is 2.43. The second-order valence-corrected chi connectivity index (χ2v) is 6.36. The summed E-state index contributed by atoms with van der Waals surface area (Å²) in [6.45, 7) is 7.73. The summed E-state index contributed by atoms with van der Waals surface area (Å²) >= 11 is 1.32. The van der Waals surface area contributed by atoms with E-state index in [1.54, 1.807) is 13.8 Å². The monoisotopic (exact) mass is 362 g/mol. The van der Waals surface area contributed by atoms with Gasteiger partial charge in [0.25, 0.3) is 0 Å². The Bertz CT molecular complexity index is 710. The number of nitrogens with one attached hydrogen (secondary N) is 1. The molecule has 1 amide bonds. The molecular formula is C18H22N2O4S. The van der Waals surface area contributed by atoms with Gasteiger partial charge in [-0.15, -0.1) is 0 Å². The van der Waals surface area contributed by atoms with E-state index in [1.165, 1.54) is 18.7 Å². The first-order valence-corrected chi connectivity index (χ1v) is 8.97. The summed E-state index contributed by atoms with van der Waals surface area (Å²) in [5.74, 6) is 0.162. The molecule has 1 aliphatic heterocycles. The molecule has 0 aromatic heterocycles. The lowest BCUT2D eigenvalue weighted by Crippen LogP contribution is -2.32. The molecule has 7 heteroatoms. The van der Waals surface area contributed by atoms with Crippen LogP contribution < -0.4 is 10.1 Å². The molecule has 1 unspecified atom stereocenters. The van der Waals surface area contributed by atoms with Gasteiger partial charge in [-0.2, -0.15) is 0 Å². The lowest BCUT2D eigenvalue weighted by atomic mass is 10.1. The second-order valence-electron chi connectivity index (χ2n) is 5.27. The fraction of sp³-hybridized carbons (Fsp3) is 0.389. The molecule has 0 fully saturated rings. The SMILES string of the molecule is CCOC(=O)C1=C(c2ccc(OCC)cc2)SC(NC(C)=O)N=C1C. The van der Waals surface area contributed by atoms with Crippen LogP contribution in [0.4, 0.5) is 0 Å². The van der Waals surface area contributed by atoms with Crippen LogP contribution in [0.25, 0.3) is 4.91 Å². The van der Waals surface area contributed by atoms with E-state index >= 15 is 0 Å². The predicted molar refractivity (Wildman–Crippen MR) is 99.5 cm³/mol. The van der Waals surface area contributed by atoms with Crippen molar-refractivity contribution in [2.24, 2.45) is 4.99 Å². The van der Waals surface area contributed by atoms with Gasteiger partial charge in [-0.1, -0.05) is 23.9 Å². The number of carbonyl (C=O) groups excluding carboxylic acids is 2. The lowest BCUT2D eigenvalue weighted by Gasteiger charge is -2.24. The van der Waals surface area contributed by atoms with E-state index < -0.39 is 11.5 Å². The summed E-state index contributed by atoms with van der Waals surface area (Å²) in [7, 11) is 0. The highest BCUT2D eigenvalue weighted by Crippen LogP contribution is 2.38. The third-order valence-corrected chi connectivity index (χ3v) is 4.49. The molecule has 0 saturated carbocycles. The predicted octanol–water partition coefficient (Wildman–Crippen LogP) is 2.99. The Kier molecular flexibility index (Phi) is 6.64. The quantitative estimate of drug-likeness (QED) is 0.787. The third kappa shape index (κ3) is 4.85. The van der Waals surface area contributed by atoms with E-state index in [-0.39, 0.29) is 12.5 Å². The van der Waals surface area contributed by atoms with Crippen LogP contribution in [0.15, 0.2) is 34.8 Å². The van der Waals surface area contributed by atoms with Crippen molar-refractivity contribution in [3.8, 4) is 5.75 Å². The molecule has 6 nitrogen and oxygen atoms in total. The first-order chi connectivity index (χ1) is 12.0. The number of nitrogens with zero attached hydrogens (tertiary/aromatic N) is 1. The van der Waals surface area contributed by atoms with Gasteiger partial charge in [-0.05, 0) is 38.5 Å². The number of hydrogen-bond acceptors (Lipinski definition) is 6. The zero-order valence-corrected chi connectivity index (χ0v) is 15.6. The maximum absolute atomic E-state index is 12.4. The topological polar surface area (TPSA) is 77.0 Å². The van der Waals surface area contributed by atoms with E-state index in [4.69, 9.17) is 9.47 Å². The van der Waals surface area contributed by atoms with Crippen molar-refractivity contribution >= 4 is 34.3 Å². The fourth-order valence-electron chi connectivity index (χ4n) is 2.36. The van der Waals surface area contributed by atoms with Crippen molar-refractivity contribution in [1.29, 1.82) is 0 Å². The minimum absolute atomic E-state index is 0.181. The number of benzene rings is 1. The van der Waals surface area contributed by atoms with Gasteiger partial charge in [-0.3, -0.25) is 9.79 Å². The van der Waals surface area contributed by atoms with E-state index in [2.05, 4.69) is 10.3 Å². The van der Waals surface area contributed by atoms with Crippen LogP contribution >= 0.6 is 11.8 Å². The van der Waals surface area contributed by atoms with Crippen molar-refractivity contribution in [3.05, 3.63) is 35.4 Å². The van der Waals surface area contributed by atoms with Crippen molar-refractivity contribution < 1.29 is 19.1 Å². The fourth-order valence-corrected chi connectivity index (χ4v) is 3.64. The van der Waals surface area contributed by atoms with Gasteiger partial charge < -0.3 is 14.8 Å². The van der Waals surface area contributed by atoms with Crippen LogP contribution in [0, 0.1) is 0 Å². The summed E-state index contributed by atoms with van der Waals surface area (Å²) in [5, 5.41) is 2.76. The smallest absolute Gasteiger partial charge is 0.341 e. The molecule has 134 valence electrons. The molecule has 1 heterocycles. The van der Waals surface area contributed by atoms with Gasteiger partial charge in [0.2, 0.25) is 5.91 Å². The highest BCUT2D eigenvalue weighted by Gasteiger charge is 2.29. The van der Waals surface area contributed by atoms with Crippen LogP contribution in [-0.2, 0) is 14.3 Å². The second kappa shape index (κ2) is 8.71. The lowest BCUT2D eigenvalue weighted by molar-refractivity contribution is -0.137. The number of esters is 1. The number of hydrogen-bond donors (Lipinski definition) is 1. The maximum atomic E-state index is 12.4. The molecule has 1 aliphatic rings. The molecule has 0 saturated heterocycles. The number of aliphatic imine (C=N–C) groups is 1. The Hall–Kier alpha value is -2.28. The molecule has 0 aliphatic carbocycles. The van der Waals surface area contributed by atoms with Crippen molar-refractivity contribution in [1.82, 2.24) is 5.32 Å². The van der Waals surface area contributed by atoms with E-state index in [0.717, 1.165) is 16.2 Å². The zero-order chi connectivity index (χ0) is 18.4. The van der Waals surface area contributed by atoms with Crippen LogP contribution in [-0.4, -0.2) is 36.3 Å². The Labute approximate surface area is 151 Å². The van der Waals surface area contributed by atoms with Gasteiger partial charge in [0.15, 0.2) is 5.50 Å². The summed E-state index contributed by atoms with van der Waals surface area (Å²) < 4.78 is 10.6. The average Bonchev–Trinajstić information content (AvgIpc) is 2.55. The van der Waals surface area contributed by atoms with Crippen LogP contribution in [0.5, 0.6) is 5.75 Å². The molecule has 0 spiro atoms. The van der Waals surface area contributed by atoms with Gasteiger partial charge in [0.05, 0.1) is 24.5 Å². The van der Waals surface area contributed by atoms with Gasteiger partial charge in [0, 0.05) is 11.8 Å². The highest BCUT2D eigenvalue weighted by molar-refractivity contribution is 8.09. The summed E-state index contributed by atoms with van der Waals surface area (Å²) in [5.41, 5.74) is 1.34. The summed E-state index contributed by atoms with van der Waals surface area (Å²) in [6, 6.07) is 7.47. The maximum Gasteiger partial charge on any atom is 0.341 e. The van der Waals surface area contributed by atoms with Crippen LogP contribution in [0.2, 0.25) is 0 Å². The molecule has 2 rings (SSSR count). The molecular weight excluding hydrogens is 340 g/mol. The minimum atomic E-state index is -0.475. The number of carbonyl (C=O) groups is 2. The Morgan fingerprint density at radius 2 is 1.88 bits per heavy atom. The minimum Gasteiger partial charge on any atom is -0.494 e. The first kappa shape index (κ1) is 19.1. The van der Waals surface area contributed by atoms with Crippen LogP contribution in [0.1, 0.15) is 33.3 Å². The number of thioether (sulfide) groups is 1. The van der Waals surface area contributed by atoms with Crippen molar-refractivity contribution in [3.63, 3.8) is 0 Å². The largest absolute Gasteiger partial charge is 0.494 e. The Morgan fingerprint density at radius 3 is 2.44 bits per heavy atom. The standard InChI is InChI=1S/C18H22N2O4S/c1-5-23-14-9-7-13(8-10-14)16-15(17(22)24-6-2)11(3)19-18(25-16)20-12(4)21/h7-10,18H,5-6H2,1-4H3,(H,20,21). The molecule has 1 aromatic carbocycles.